The second kappa shape index (κ2) is 9.32. The number of ether oxygens (including phenoxy) is 2. The number of methoxy groups -OCH3 is 2. The van der Waals surface area contributed by atoms with E-state index in [4.69, 9.17) is 4.74 Å². The fourth-order valence-corrected chi connectivity index (χ4v) is 2.98. The Balaban J connectivity index is 2.30. The molecule has 7 heteroatoms. The van der Waals surface area contributed by atoms with E-state index in [1.807, 2.05) is 18.4 Å². The average Bonchev–Trinajstić information content (AvgIpc) is 2.96. The molecule has 0 bridgehead atoms. The molecule has 146 valence electrons. The summed E-state index contributed by atoms with van der Waals surface area (Å²) in [6.07, 6.45) is 0.114. The van der Waals surface area contributed by atoms with Gasteiger partial charge >= 0.3 is 5.97 Å². The molecule has 0 aliphatic carbocycles. The summed E-state index contributed by atoms with van der Waals surface area (Å²) in [5.74, 6) is -0.870. The summed E-state index contributed by atoms with van der Waals surface area (Å²) in [5, 5.41) is 0. The van der Waals surface area contributed by atoms with Crippen molar-refractivity contribution in [3.63, 3.8) is 0 Å². The van der Waals surface area contributed by atoms with Crippen LogP contribution in [-0.2, 0) is 14.3 Å². The van der Waals surface area contributed by atoms with Crippen LogP contribution >= 0.6 is 0 Å². The van der Waals surface area contributed by atoms with E-state index in [1.54, 1.807) is 30.2 Å². The lowest BCUT2D eigenvalue weighted by Crippen LogP contribution is -2.36. The molecule has 0 saturated heterocycles. The van der Waals surface area contributed by atoms with Crippen LogP contribution in [0.15, 0.2) is 30.3 Å². The summed E-state index contributed by atoms with van der Waals surface area (Å²) in [4.78, 5) is 26.1. The Hall–Kier alpha value is -2.67. The van der Waals surface area contributed by atoms with Crippen LogP contribution < -0.4 is 0 Å². The summed E-state index contributed by atoms with van der Waals surface area (Å²) in [6.45, 7) is 4.71. The first-order valence-electron chi connectivity index (χ1n) is 8.69. The molecular formula is C20H25FN2O4. The Bertz CT molecular complexity index is 799. The molecule has 2 aromatic rings. The number of nitrogens with zero attached hydrogens (tertiary/aromatic N) is 2. The molecule has 1 amide bonds. The van der Waals surface area contributed by atoms with E-state index in [-0.39, 0.29) is 30.7 Å². The SMILES string of the molecule is COCCN(CCC(=O)OC)C(=O)c1cc(C)n(-c2ccc(F)cc2)c1C. The summed E-state index contributed by atoms with van der Waals surface area (Å²) in [5.41, 5.74) is 2.94. The lowest BCUT2D eigenvalue weighted by molar-refractivity contribution is -0.140. The molecule has 1 heterocycles. The Labute approximate surface area is 158 Å². The van der Waals surface area contributed by atoms with Crippen LogP contribution in [0.5, 0.6) is 0 Å². The van der Waals surface area contributed by atoms with E-state index in [0.717, 1.165) is 17.1 Å². The number of hydrogen-bond donors (Lipinski definition) is 0. The summed E-state index contributed by atoms with van der Waals surface area (Å²) in [6, 6.07) is 7.92. The number of aromatic nitrogens is 1. The van der Waals surface area contributed by atoms with Gasteiger partial charge in [0.2, 0.25) is 0 Å². The molecule has 0 spiro atoms. The van der Waals surface area contributed by atoms with Crippen molar-refractivity contribution >= 4 is 11.9 Å². The maximum atomic E-state index is 13.2. The van der Waals surface area contributed by atoms with Crippen molar-refractivity contribution in [3.8, 4) is 5.69 Å². The normalized spacial score (nSPS) is 10.7. The zero-order chi connectivity index (χ0) is 20.0. The van der Waals surface area contributed by atoms with Crippen LogP contribution in [0.4, 0.5) is 4.39 Å². The Morgan fingerprint density at radius 2 is 1.78 bits per heavy atom. The van der Waals surface area contributed by atoms with Crippen LogP contribution in [0.3, 0.4) is 0 Å². The van der Waals surface area contributed by atoms with Crippen molar-refractivity contribution in [2.24, 2.45) is 0 Å². The van der Waals surface area contributed by atoms with Gasteiger partial charge in [-0.3, -0.25) is 9.59 Å². The quantitative estimate of drug-likeness (QED) is 0.665. The number of aryl methyl sites for hydroxylation is 1. The number of esters is 1. The molecule has 0 atom stereocenters. The second-order valence-corrected chi connectivity index (χ2v) is 6.21. The molecule has 0 fully saturated rings. The van der Waals surface area contributed by atoms with Gasteiger partial charge in [-0.05, 0) is 44.2 Å². The van der Waals surface area contributed by atoms with E-state index in [2.05, 4.69) is 4.74 Å². The van der Waals surface area contributed by atoms with Crippen molar-refractivity contribution < 1.29 is 23.5 Å². The van der Waals surface area contributed by atoms with Crippen LogP contribution in [0.25, 0.3) is 5.69 Å². The van der Waals surface area contributed by atoms with Gasteiger partial charge in [0, 0.05) is 37.3 Å². The van der Waals surface area contributed by atoms with Gasteiger partial charge in [-0.2, -0.15) is 0 Å². The van der Waals surface area contributed by atoms with E-state index >= 15 is 0 Å². The number of amides is 1. The fourth-order valence-electron chi connectivity index (χ4n) is 2.98. The van der Waals surface area contributed by atoms with Crippen molar-refractivity contribution in [2.45, 2.75) is 20.3 Å². The summed E-state index contributed by atoms with van der Waals surface area (Å²) < 4.78 is 24.9. The van der Waals surface area contributed by atoms with Gasteiger partial charge in [-0.1, -0.05) is 0 Å². The minimum absolute atomic E-state index is 0.114. The minimum atomic E-state index is -0.373. The van der Waals surface area contributed by atoms with Gasteiger partial charge in [-0.15, -0.1) is 0 Å². The smallest absolute Gasteiger partial charge is 0.307 e. The van der Waals surface area contributed by atoms with Crippen molar-refractivity contribution in [1.82, 2.24) is 9.47 Å². The standard InChI is InChI=1S/C20H25FN2O4/c1-14-13-18(15(2)23(14)17-7-5-16(21)6-8-17)20(25)22(11-12-26-3)10-9-19(24)27-4/h5-8,13H,9-12H2,1-4H3. The Morgan fingerprint density at radius 3 is 2.37 bits per heavy atom. The van der Waals surface area contributed by atoms with Gasteiger partial charge in [0.15, 0.2) is 0 Å². The number of carbonyl (C=O) groups is 2. The highest BCUT2D eigenvalue weighted by atomic mass is 19.1. The van der Waals surface area contributed by atoms with Crippen molar-refractivity contribution in [1.29, 1.82) is 0 Å². The highest BCUT2D eigenvalue weighted by Gasteiger charge is 2.22. The van der Waals surface area contributed by atoms with Crippen LogP contribution in [0, 0.1) is 19.7 Å². The number of hydrogen-bond acceptors (Lipinski definition) is 4. The molecule has 0 saturated carbocycles. The third kappa shape index (κ3) is 4.95. The zero-order valence-electron chi connectivity index (χ0n) is 16.1. The van der Waals surface area contributed by atoms with Gasteiger partial charge in [0.05, 0.1) is 25.7 Å². The molecule has 1 aromatic carbocycles. The van der Waals surface area contributed by atoms with E-state index in [1.165, 1.54) is 19.2 Å². The predicted octanol–water partition coefficient (Wildman–Crippen LogP) is 2.88. The topological polar surface area (TPSA) is 60.8 Å². The summed E-state index contributed by atoms with van der Waals surface area (Å²) >= 11 is 0. The molecule has 27 heavy (non-hydrogen) atoms. The van der Waals surface area contributed by atoms with Crippen molar-refractivity contribution in [3.05, 3.63) is 53.1 Å². The first kappa shape index (κ1) is 20.6. The van der Waals surface area contributed by atoms with Crippen molar-refractivity contribution in [2.75, 3.05) is 33.9 Å². The van der Waals surface area contributed by atoms with Gasteiger partial charge in [0.25, 0.3) is 5.91 Å². The zero-order valence-corrected chi connectivity index (χ0v) is 16.1. The molecule has 1 aromatic heterocycles. The molecule has 0 unspecified atom stereocenters. The molecule has 0 N–H and O–H groups in total. The van der Waals surface area contributed by atoms with Gasteiger partial charge in [-0.25, -0.2) is 4.39 Å². The Morgan fingerprint density at radius 1 is 1.11 bits per heavy atom. The largest absolute Gasteiger partial charge is 0.469 e. The number of carbonyl (C=O) groups excluding carboxylic acids is 2. The van der Waals surface area contributed by atoms with Gasteiger partial charge in [0.1, 0.15) is 5.82 Å². The molecular weight excluding hydrogens is 351 g/mol. The summed E-state index contributed by atoms with van der Waals surface area (Å²) in [7, 11) is 2.88. The number of rotatable bonds is 8. The lowest BCUT2D eigenvalue weighted by atomic mass is 10.2. The van der Waals surface area contributed by atoms with E-state index in [0.29, 0.717) is 18.7 Å². The first-order valence-corrected chi connectivity index (χ1v) is 8.69. The number of benzene rings is 1. The minimum Gasteiger partial charge on any atom is -0.469 e. The monoisotopic (exact) mass is 376 g/mol. The highest BCUT2D eigenvalue weighted by Crippen LogP contribution is 2.22. The third-order valence-corrected chi connectivity index (χ3v) is 4.41. The second-order valence-electron chi connectivity index (χ2n) is 6.21. The predicted molar refractivity (Wildman–Crippen MR) is 99.6 cm³/mol. The van der Waals surface area contributed by atoms with Crippen LogP contribution in [-0.4, -0.2) is 55.3 Å². The van der Waals surface area contributed by atoms with E-state index < -0.39 is 0 Å². The van der Waals surface area contributed by atoms with Crippen LogP contribution in [0.2, 0.25) is 0 Å². The number of halogens is 1. The molecule has 0 aliphatic heterocycles. The van der Waals surface area contributed by atoms with Gasteiger partial charge < -0.3 is 18.9 Å². The molecule has 6 nitrogen and oxygen atoms in total. The fraction of sp³-hybridized carbons (Fsp3) is 0.400. The Kier molecular flexibility index (Phi) is 7.12. The van der Waals surface area contributed by atoms with Crippen LogP contribution in [0.1, 0.15) is 28.2 Å². The maximum absolute atomic E-state index is 13.2. The van der Waals surface area contributed by atoms with E-state index in [9.17, 15) is 14.0 Å². The first-order chi connectivity index (χ1) is 12.9. The molecule has 2 rings (SSSR count). The third-order valence-electron chi connectivity index (χ3n) is 4.41. The lowest BCUT2D eigenvalue weighted by Gasteiger charge is -2.22. The molecule has 0 aliphatic rings. The average molecular weight is 376 g/mol. The maximum Gasteiger partial charge on any atom is 0.307 e. The molecule has 0 radical (unpaired) electrons. The highest BCUT2D eigenvalue weighted by molar-refractivity contribution is 5.96.